The number of hydrogen-bond acceptors (Lipinski definition) is 6. The van der Waals surface area contributed by atoms with E-state index < -0.39 is 20.0 Å². The van der Waals surface area contributed by atoms with Crippen LogP contribution in [0.4, 0.5) is 0 Å². The number of aliphatic hydroxyl groups excluding tert-OH is 1. The summed E-state index contributed by atoms with van der Waals surface area (Å²) in [6, 6.07) is -0.880. The molecular formula is C60H121N2O6P. The molecule has 0 heterocycles. The summed E-state index contributed by atoms with van der Waals surface area (Å²) in [5.41, 5.74) is 0. The van der Waals surface area contributed by atoms with Gasteiger partial charge in [0, 0.05) is 6.42 Å². The third-order valence-electron chi connectivity index (χ3n) is 14.2. The number of likely N-dealkylation sites (N-methyl/N-ethyl adjacent to an activating group) is 1. The Balaban J connectivity index is 3.84. The maximum Gasteiger partial charge on any atom is 0.268 e. The number of unbranched alkanes of at least 4 members (excludes halogenated alkanes) is 44. The van der Waals surface area contributed by atoms with Crippen LogP contribution in [0, 0.1) is 0 Å². The molecule has 0 radical (unpaired) electrons. The second kappa shape index (κ2) is 52.1. The Morgan fingerprint density at radius 3 is 1.09 bits per heavy atom. The highest BCUT2D eigenvalue weighted by atomic mass is 31.2. The molecule has 0 spiro atoms. The van der Waals surface area contributed by atoms with Gasteiger partial charge in [-0.25, -0.2) is 0 Å². The lowest BCUT2D eigenvalue weighted by atomic mass is 10.0. The van der Waals surface area contributed by atoms with Crippen LogP contribution in [0.25, 0.3) is 0 Å². The zero-order valence-corrected chi connectivity index (χ0v) is 47.9. The molecule has 0 bridgehead atoms. The molecule has 0 rings (SSSR count). The molecule has 0 fully saturated rings. The van der Waals surface area contributed by atoms with Crippen molar-refractivity contribution in [2.75, 3.05) is 40.9 Å². The third-order valence-corrected chi connectivity index (χ3v) is 15.2. The smallest absolute Gasteiger partial charge is 0.268 e. The Kier molecular flexibility index (Phi) is 51.5. The quantitative estimate of drug-likeness (QED) is 0.0272. The van der Waals surface area contributed by atoms with Gasteiger partial charge in [0.15, 0.2) is 0 Å². The van der Waals surface area contributed by atoms with Crippen molar-refractivity contribution >= 4 is 13.7 Å². The first-order chi connectivity index (χ1) is 33.5. The number of rotatable bonds is 57. The van der Waals surface area contributed by atoms with Gasteiger partial charge in [-0.3, -0.25) is 9.36 Å². The number of phosphoric ester groups is 1. The van der Waals surface area contributed by atoms with Crippen molar-refractivity contribution in [1.29, 1.82) is 0 Å². The average Bonchev–Trinajstić information content (AvgIpc) is 3.31. The Bertz CT molecular complexity index is 1130. The van der Waals surface area contributed by atoms with E-state index in [0.717, 1.165) is 38.5 Å². The van der Waals surface area contributed by atoms with E-state index >= 15 is 0 Å². The van der Waals surface area contributed by atoms with Crippen LogP contribution < -0.4 is 10.2 Å². The van der Waals surface area contributed by atoms with Crippen molar-refractivity contribution in [3.63, 3.8) is 0 Å². The minimum Gasteiger partial charge on any atom is -0.756 e. The molecule has 3 atom stereocenters. The molecular weight excluding hydrogens is 876 g/mol. The summed E-state index contributed by atoms with van der Waals surface area (Å²) in [6.07, 6.45) is 64.8. The average molecular weight is 998 g/mol. The summed E-state index contributed by atoms with van der Waals surface area (Å²) >= 11 is 0. The summed E-state index contributed by atoms with van der Waals surface area (Å²) in [7, 11) is 1.28. The molecule has 2 N–H and O–H groups in total. The van der Waals surface area contributed by atoms with E-state index in [2.05, 4.69) is 19.2 Å². The summed E-state index contributed by atoms with van der Waals surface area (Å²) in [6.45, 7) is 4.67. The van der Waals surface area contributed by atoms with Gasteiger partial charge in [-0.1, -0.05) is 302 Å². The Morgan fingerprint density at radius 1 is 0.493 bits per heavy atom. The number of carbonyl (C=O) groups is 1. The number of hydrogen-bond donors (Lipinski definition) is 2. The van der Waals surface area contributed by atoms with Crippen molar-refractivity contribution in [3.8, 4) is 0 Å². The fraction of sp³-hybridized carbons (Fsp3) is 0.950. The normalized spacial score (nSPS) is 13.9. The van der Waals surface area contributed by atoms with Crippen LogP contribution in [-0.2, 0) is 18.4 Å². The van der Waals surface area contributed by atoms with E-state index in [0.29, 0.717) is 17.4 Å². The van der Waals surface area contributed by atoms with Crippen molar-refractivity contribution in [2.24, 2.45) is 0 Å². The largest absolute Gasteiger partial charge is 0.756 e. The van der Waals surface area contributed by atoms with E-state index in [1.807, 2.05) is 27.2 Å². The van der Waals surface area contributed by atoms with E-state index in [9.17, 15) is 19.4 Å². The maximum absolute atomic E-state index is 12.9. The Labute approximate surface area is 431 Å². The lowest BCUT2D eigenvalue weighted by Crippen LogP contribution is -2.45. The number of phosphoric acid groups is 1. The van der Waals surface area contributed by atoms with Gasteiger partial charge < -0.3 is 28.8 Å². The van der Waals surface area contributed by atoms with Crippen molar-refractivity contribution in [2.45, 2.75) is 328 Å². The lowest BCUT2D eigenvalue weighted by molar-refractivity contribution is -0.870. The lowest BCUT2D eigenvalue weighted by Gasteiger charge is -2.29. The van der Waals surface area contributed by atoms with Crippen LogP contribution >= 0.6 is 7.82 Å². The number of nitrogens with one attached hydrogen (secondary N) is 1. The topological polar surface area (TPSA) is 108 Å². The van der Waals surface area contributed by atoms with Crippen LogP contribution in [0.2, 0.25) is 0 Å². The summed E-state index contributed by atoms with van der Waals surface area (Å²) in [4.78, 5) is 25.4. The number of quaternary nitrogens is 1. The molecule has 0 aliphatic carbocycles. The molecule has 0 aromatic rings. The highest BCUT2D eigenvalue weighted by molar-refractivity contribution is 7.45. The molecule has 412 valence electrons. The summed E-state index contributed by atoms with van der Waals surface area (Å²) < 4.78 is 23.3. The number of aliphatic hydroxyl groups is 1. The van der Waals surface area contributed by atoms with Crippen LogP contribution in [0.1, 0.15) is 316 Å². The highest BCUT2D eigenvalue weighted by Gasteiger charge is 2.23. The second-order valence-corrected chi connectivity index (χ2v) is 23.8. The monoisotopic (exact) mass is 997 g/mol. The maximum atomic E-state index is 12.9. The molecule has 9 heteroatoms. The number of amides is 1. The zero-order chi connectivity index (χ0) is 50.6. The van der Waals surface area contributed by atoms with E-state index in [4.69, 9.17) is 9.05 Å². The number of carbonyl (C=O) groups excluding carboxylic acids is 1. The van der Waals surface area contributed by atoms with Gasteiger partial charge in [0.2, 0.25) is 5.91 Å². The first-order valence-electron chi connectivity index (χ1n) is 30.6. The first-order valence-corrected chi connectivity index (χ1v) is 32.0. The molecule has 1 amide bonds. The van der Waals surface area contributed by atoms with Crippen molar-refractivity contribution < 1.29 is 32.9 Å². The summed E-state index contributed by atoms with van der Waals surface area (Å²) in [5, 5.41) is 13.8. The van der Waals surface area contributed by atoms with Gasteiger partial charge in [-0.05, 0) is 19.3 Å². The second-order valence-electron chi connectivity index (χ2n) is 22.4. The molecule has 0 saturated heterocycles. The number of nitrogens with zero attached hydrogens (tertiary/aromatic N) is 1. The molecule has 1 unspecified atom stereocenters. The van der Waals surface area contributed by atoms with Crippen LogP contribution in [0.15, 0.2) is 12.2 Å². The Hall–Kier alpha value is -0.760. The van der Waals surface area contributed by atoms with Crippen molar-refractivity contribution in [1.82, 2.24) is 5.32 Å². The van der Waals surface area contributed by atoms with Gasteiger partial charge in [0.25, 0.3) is 7.82 Å². The third kappa shape index (κ3) is 54.8. The summed E-state index contributed by atoms with van der Waals surface area (Å²) in [5.74, 6) is -0.192. The fourth-order valence-corrected chi connectivity index (χ4v) is 10.2. The van der Waals surface area contributed by atoms with Crippen molar-refractivity contribution in [3.05, 3.63) is 12.2 Å². The van der Waals surface area contributed by atoms with Gasteiger partial charge in [-0.15, -0.1) is 0 Å². The molecule has 0 saturated carbocycles. The van der Waals surface area contributed by atoms with Crippen LogP contribution in [-0.4, -0.2) is 68.5 Å². The Morgan fingerprint density at radius 2 is 0.783 bits per heavy atom. The minimum absolute atomic E-state index is 0.00224. The predicted octanol–water partition coefficient (Wildman–Crippen LogP) is 18.0. The van der Waals surface area contributed by atoms with Gasteiger partial charge >= 0.3 is 0 Å². The van der Waals surface area contributed by atoms with E-state index in [1.54, 1.807) is 6.08 Å². The zero-order valence-electron chi connectivity index (χ0n) is 47.0. The van der Waals surface area contributed by atoms with Gasteiger partial charge in [-0.2, -0.15) is 0 Å². The highest BCUT2D eigenvalue weighted by Crippen LogP contribution is 2.38. The van der Waals surface area contributed by atoms with Gasteiger partial charge in [0.05, 0.1) is 39.9 Å². The number of allylic oxidation sites excluding steroid dienone is 1. The molecule has 0 aromatic heterocycles. The predicted molar refractivity (Wildman–Crippen MR) is 298 cm³/mol. The SMILES string of the molecule is CCCCCCCCCCC/C=C/[C@@H](O)[C@H](COP(=O)([O-])OCC[N+](C)(C)C)NC(=O)CCCCCCCCCCCCCCCCCCCCCCCCCCCCCCCCCCCCCC. The van der Waals surface area contributed by atoms with E-state index in [1.165, 1.54) is 257 Å². The molecule has 0 aliphatic rings. The van der Waals surface area contributed by atoms with E-state index in [-0.39, 0.29) is 19.1 Å². The molecule has 0 aromatic carbocycles. The first kappa shape index (κ1) is 68.2. The van der Waals surface area contributed by atoms with Crippen LogP contribution in [0.3, 0.4) is 0 Å². The van der Waals surface area contributed by atoms with Gasteiger partial charge in [0.1, 0.15) is 13.2 Å². The standard InChI is InChI=1S/C60H121N2O6P/c1-6-8-10-12-14-16-18-19-20-21-22-23-24-25-26-27-28-29-30-31-32-33-34-35-36-37-38-39-40-41-42-44-46-48-50-52-54-60(64)61-58(57-68-69(65,66)67-56-55-62(3,4)5)59(63)53-51-49-47-45-43-17-15-13-11-9-7-2/h51,53,58-59,63H,6-50,52,54-57H2,1-5H3,(H-,61,64,65,66)/b53-51+/t58-,59+/m0/s1. The fourth-order valence-electron chi connectivity index (χ4n) is 9.45. The molecule has 69 heavy (non-hydrogen) atoms. The molecule has 8 nitrogen and oxygen atoms in total. The van der Waals surface area contributed by atoms with Crippen LogP contribution in [0.5, 0.6) is 0 Å². The molecule has 0 aliphatic heterocycles. The minimum atomic E-state index is -4.59.